The molecule has 178 valence electrons. The maximum Gasteiger partial charge on any atom is 0.231 e. The minimum absolute atomic E-state index is 0.0626. The summed E-state index contributed by atoms with van der Waals surface area (Å²) in [6.45, 7) is 2.40. The summed E-state index contributed by atoms with van der Waals surface area (Å²) in [5, 5.41) is 5.12. The molecule has 1 N–H and O–H groups in total. The first-order chi connectivity index (χ1) is 16.2. The van der Waals surface area contributed by atoms with Crippen molar-refractivity contribution in [3.63, 3.8) is 0 Å². The van der Waals surface area contributed by atoms with Crippen molar-refractivity contribution in [3.8, 4) is 11.3 Å². The summed E-state index contributed by atoms with van der Waals surface area (Å²) in [6, 6.07) is 14.8. The van der Waals surface area contributed by atoms with Crippen molar-refractivity contribution in [2.75, 3.05) is 34.4 Å². The molecular formula is C24H26N4O4S2. The molecule has 3 aromatic rings. The minimum atomic E-state index is -3.34. The van der Waals surface area contributed by atoms with Crippen LogP contribution in [0, 0.1) is 5.92 Å². The Kier molecular flexibility index (Phi) is 6.72. The Bertz CT molecular complexity index is 1320. The second-order valence-electron chi connectivity index (χ2n) is 8.23. The maximum absolute atomic E-state index is 12.8. The van der Waals surface area contributed by atoms with Crippen molar-refractivity contribution in [2.24, 2.45) is 5.92 Å². The monoisotopic (exact) mass is 498 g/mol. The third kappa shape index (κ3) is 5.13. The molecule has 0 spiro atoms. The molecule has 0 bridgehead atoms. The van der Waals surface area contributed by atoms with Crippen molar-refractivity contribution in [2.45, 2.75) is 19.8 Å². The molecule has 0 radical (unpaired) electrons. The van der Waals surface area contributed by atoms with Crippen LogP contribution < -0.4 is 14.5 Å². The molecule has 2 amide bonds. The van der Waals surface area contributed by atoms with E-state index in [1.54, 1.807) is 29.2 Å². The van der Waals surface area contributed by atoms with E-state index >= 15 is 0 Å². The van der Waals surface area contributed by atoms with Gasteiger partial charge in [-0.2, -0.15) is 0 Å². The Morgan fingerprint density at radius 3 is 2.65 bits per heavy atom. The summed E-state index contributed by atoms with van der Waals surface area (Å²) in [6.07, 6.45) is 2.19. The summed E-state index contributed by atoms with van der Waals surface area (Å²) in [5.41, 5.74) is 4.00. The predicted molar refractivity (Wildman–Crippen MR) is 136 cm³/mol. The van der Waals surface area contributed by atoms with Crippen LogP contribution in [0.2, 0.25) is 0 Å². The smallest absolute Gasteiger partial charge is 0.231 e. The van der Waals surface area contributed by atoms with Crippen LogP contribution in [0.5, 0.6) is 0 Å². The van der Waals surface area contributed by atoms with E-state index in [0.29, 0.717) is 23.1 Å². The van der Waals surface area contributed by atoms with E-state index in [4.69, 9.17) is 0 Å². The van der Waals surface area contributed by atoms with Crippen LogP contribution >= 0.6 is 11.3 Å². The summed E-state index contributed by atoms with van der Waals surface area (Å²) >= 11 is 1.30. The molecule has 1 atom stereocenters. The van der Waals surface area contributed by atoms with Crippen LogP contribution in [0.25, 0.3) is 11.3 Å². The van der Waals surface area contributed by atoms with Crippen molar-refractivity contribution >= 4 is 49.7 Å². The number of sulfonamides is 1. The van der Waals surface area contributed by atoms with Gasteiger partial charge < -0.3 is 10.2 Å². The number of thiazole rings is 1. The average Bonchev–Trinajstić information content (AvgIpc) is 3.45. The Balaban J connectivity index is 1.41. The molecule has 1 aromatic heterocycles. The number of benzene rings is 2. The molecule has 1 aliphatic rings. The van der Waals surface area contributed by atoms with E-state index in [2.05, 4.69) is 17.2 Å². The van der Waals surface area contributed by atoms with Gasteiger partial charge in [-0.1, -0.05) is 31.2 Å². The lowest BCUT2D eigenvalue weighted by Crippen LogP contribution is -2.28. The quantitative estimate of drug-likeness (QED) is 0.535. The normalized spacial score (nSPS) is 16.0. The number of hydrogen-bond acceptors (Lipinski definition) is 6. The average molecular weight is 499 g/mol. The third-order valence-electron chi connectivity index (χ3n) is 5.88. The van der Waals surface area contributed by atoms with E-state index in [0.717, 1.165) is 29.5 Å². The van der Waals surface area contributed by atoms with Crippen LogP contribution in [0.15, 0.2) is 53.9 Å². The Morgan fingerprint density at radius 1 is 1.24 bits per heavy atom. The summed E-state index contributed by atoms with van der Waals surface area (Å²) in [4.78, 5) is 31.6. The largest absolute Gasteiger partial charge is 0.312 e. The van der Waals surface area contributed by atoms with E-state index < -0.39 is 15.9 Å². The van der Waals surface area contributed by atoms with Gasteiger partial charge in [-0.15, -0.1) is 11.3 Å². The summed E-state index contributed by atoms with van der Waals surface area (Å²) in [7, 11) is -1.84. The highest BCUT2D eigenvalue weighted by atomic mass is 32.2. The lowest BCUT2D eigenvalue weighted by atomic mass is 10.1. The number of amides is 2. The van der Waals surface area contributed by atoms with Gasteiger partial charge in [0.05, 0.1) is 23.6 Å². The van der Waals surface area contributed by atoms with Crippen LogP contribution in [-0.4, -0.2) is 45.1 Å². The van der Waals surface area contributed by atoms with Gasteiger partial charge in [-0.25, -0.2) is 13.4 Å². The van der Waals surface area contributed by atoms with Crippen LogP contribution in [0.1, 0.15) is 18.9 Å². The number of carbonyl (C=O) groups is 2. The van der Waals surface area contributed by atoms with Gasteiger partial charge in [0.2, 0.25) is 21.8 Å². The van der Waals surface area contributed by atoms with Crippen LogP contribution in [0.4, 0.5) is 16.5 Å². The molecule has 1 aliphatic heterocycles. The van der Waals surface area contributed by atoms with E-state index in [-0.39, 0.29) is 18.2 Å². The Morgan fingerprint density at radius 2 is 1.97 bits per heavy atom. The lowest BCUT2D eigenvalue weighted by molar-refractivity contribution is -0.122. The van der Waals surface area contributed by atoms with Crippen molar-refractivity contribution < 1.29 is 18.0 Å². The second kappa shape index (κ2) is 9.55. The van der Waals surface area contributed by atoms with Gasteiger partial charge in [-0.3, -0.25) is 13.9 Å². The molecule has 1 fully saturated rings. The first-order valence-corrected chi connectivity index (χ1v) is 13.6. The Hall–Kier alpha value is -3.24. The summed E-state index contributed by atoms with van der Waals surface area (Å²) in [5.74, 6) is -0.739. The number of nitrogens with zero attached hydrogens (tertiary/aromatic N) is 3. The molecule has 10 heteroatoms. The number of aryl methyl sites for hydroxylation is 1. The van der Waals surface area contributed by atoms with E-state index in [1.807, 2.05) is 29.6 Å². The first-order valence-electron chi connectivity index (χ1n) is 10.9. The topological polar surface area (TPSA) is 99.7 Å². The SMILES string of the molecule is CCc1cccc(N2CC(C(=O)Nc3nc(-c4ccc(N(C)S(C)(=O)=O)cc4)cs3)CC2=O)c1. The predicted octanol–water partition coefficient (Wildman–Crippen LogP) is 3.76. The number of hydrogen-bond donors (Lipinski definition) is 1. The summed E-state index contributed by atoms with van der Waals surface area (Å²) < 4.78 is 24.6. The van der Waals surface area contributed by atoms with Crippen molar-refractivity contribution in [1.29, 1.82) is 0 Å². The molecule has 0 saturated carbocycles. The van der Waals surface area contributed by atoms with Crippen LogP contribution in [-0.2, 0) is 26.0 Å². The maximum atomic E-state index is 12.8. The highest BCUT2D eigenvalue weighted by Crippen LogP contribution is 2.30. The highest BCUT2D eigenvalue weighted by Gasteiger charge is 2.35. The second-order valence-corrected chi connectivity index (χ2v) is 11.1. The van der Waals surface area contributed by atoms with Gasteiger partial charge in [0.25, 0.3) is 0 Å². The molecule has 2 aromatic carbocycles. The standard InChI is InChI=1S/C24H26N4O4S2/c1-4-16-6-5-7-20(12-16)28-14-18(13-22(28)29)23(30)26-24-25-21(15-33-24)17-8-10-19(11-9-17)27(2)34(3,31)32/h5-12,15,18H,4,13-14H2,1-3H3,(H,25,26,30). The zero-order valence-corrected chi connectivity index (χ0v) is 20.8. The lowest BCUT2D eigenvalue weighted by Gasteiger charge is -2.17. The van der Waals surface area contributed by atoms with Crippen molar-refractivity contribution in [3.05, 3.63) is 59.5 Å². The first kappa shape index (κ1) is 23.9. The third-order valence-corrected chi connectivity index (χ3v) is 7.85. The molecule has 1 saturated heterocycles. The van der Waals surface area contributed by atoms with E-state index in [9.17, 15) is 18.0 Å². The number of aromatic nitrogens is 1. The number of carbonyl (C=O) groups excluding carboxylic acids is 2. The number of nitrogens with one attached hydrogen (secondary N) is 1. The van der Waals surface area contributed by atoms with E-state index in [1.165, 1.54) is 22.7 Å². The fourth-order valence-electron chi connectivity index (χ4n) is 3.78. The molecule has 8 nitrogen and oxygen atoms in total. The van der Waals surface area contributed by atoms with Gasteiger partial charge in [-0.05, 0) is 36.2 Å². The number of anilines is 3. The van der Waals surface area contributed by atoms with Gasteiger partial charge in [0.15, 0.2) is 5.13 Å². The van der Waals surface area contributed by atoms with Crippen molar-refractivity contribution in [1.82, 2.24) is 4.98 Å². The fourth-order valence-corrected chi connectivity index (χ4v) is 5.01. The van der Waals surface area contributed by atoms with Gasteiger partial charge in [0, 0.05) is 36.6 Å². The molecule has 0 aliphatic carbocycles. The van der Waals surface area contributed by atoms with Crippen LogP contribution in [0.3, 0.4) is 0 Å². The fraction of sp³-hybridized carbons (Fsp3) is 0.292. The molecule has 1 unspecified atom stereocenters. The zero-order valence-electron chi connectivity index (χ0n) is 19.2. The zero-order chi connectivity index (χ0) is 24.5. The highest BCUT2D eigenvalue weighted by molar-refractivity contribution is 7.92. The number of rotatable bonds is 7. The van der Waals surface area contributed by atoms with Gasteiger partial charge >= 0.3 is 0 Å². The molecular weight excluding hydrogens is 472 g/mol. The minimum Gasteiger partial charge on any atom is -0.312 e. The molecule has 4 rings (SSSR count). The molecule has 34 heavy (non-hydrogen) atoms. The molecule has 2 heterocycles. The Labute approximate surface area is 203 Å². The van der Waals surface area contributed by atoms with Gasteiger partial charge in [0.1, 0.15) is 0 Å².